The molecule has 3 rings (SSSR count). The third-order valence-corrected chi connectivity index (χ3v) is 5.12. The highest BCUT2D eigenvalue weighted by atomic mass is 19.1. The molecule has 0 radical (unpaired) electrons. The maximum atomic E-state index is 12.2. The summed E-state index contributed by atoms with van der Waals surface area (Å²) in [5.41, 5.74) is 5.05. The molecule has 28 heavy (non-hydrogen) atoms. The van der Waals surface area contributed by atoms with Crippen molar-refractivity contribution in [2.24, 2.45) is 0 Å². The molecule has 2 aromatic rings. The van der Waals surface area contributed by atoms with Crippen molar-refractivity contribution in [1.29, 1.82) is 0 Å². The number of hydrogen-bond donors (Lipinski definition) is 1. The Hall–Kier alpha value is -2.40. The number of alkyl halides is 1. The summed E-state index contributed by atoms with van der Waals surface area (Å²) in [5, 5.41) is 2.91. The van der Waals surface area contributed by atoms with Gasteiger partial charge >= 0.3 is 0 Å². The molecule has 1 atom stereocenters. The number of nitrogens with zero attached hydrogens (tertiary/aromatic N) is 1. The molecule has 1 aliphatic heterocycles. The van der Waals surface area contributed by atoms with Crippen LogP contribution in [0.5, 0.6) is 5.75 Å². The van der Waals surface area contributed by atoms with Gasteiger partial charge in [0.15, 0.2) is 0 Å². The number of nitrogens with one attached hydrogen (secondary N) is 1. The Morgan fingerprint density at radius 3 is 2.71 bits per heavy atom. The number of benzene rings is 2. The van der Waals surface area contributed by atoms with Gasteiger partial charge in [0.2, 0.25) is 5.91 Å². The van der Waals surface area contributed by atoms with Crippen molar-refractivity contribution < 1.29 is 13.9 Å². The molecule has 2 aromatic carbocycles. The zero-order valence-electron chi connectivity index (χ0n) is 16.7. The molecule has 0 fully saturated rings. The van der Waals surface area contributed by atoms with E-state index in [2.05, 4.69) is 46.6 Å². The van der Waals surface area contributed by atoms with Crippen LogP contribution in [0.25, 0.3) is 0 Å². The van der Waals surface area contributed by atoms with Crippen LogP contribution in [0.3, 0.4) is 0 Å². The molecule has 1 amide bonds. The summed E-state index contributed by atoms with van der Waals surface area (Å²) >= 11 is 0. The van der Waals surface area contributed by atoms with E-state index < -0.39 is 0 Å². The molecule has 4 nitrogen and oxygen atoms in total. The molecule has 1 unspecified atom stereocenters. The average molecular weight is 384 g/mol. The van der Waals surface area contributed by atoms with Gasteiger partial charge in [-0.15, -0.1) is 0 Å². The van der Waals surface area contributed by atoms with Crippen molar-refractivity contribution in [3.8, 4) is 5.75 Å². The molecule has 150 valence electrons. The van der Waals surface area contributed by atoms with E-state index in [4.69, 9.17) is 4.74 Å². The van der Waals surface area contributed by atoms with Crippen LogP contribution in [-0.2, 0) is 24.3 Å². The van der Waals surface area contributed by atoms with Crippen LogP contribution < -0.4 is 10.1 Å². The third kappa shape index (κ3) is 5.55. The van der Waals surface area contributed by atoms with Crippen LogP contribution in [0.1, 0.15) is 48.6 Å². The monoisotopic (exact) mass is 384 g/mol. The highest BCUT2D eigenvalue weighted by Gasteiger charge is 2.17. The number of amides is 1. The number of rotatable bonds is 8. The van der Waals surface area contributed by atoms with Crippen molar-refractivity contribution in [3.63, 3.8) is 0 Å². The van der Waals surface area contributed by atoms with Gasteiger partial charge in [-0.1, -0.05) is 30.3 Å². The maximum absolute atomic E-state index is 12.2. The first kappa shape index (κ1) is 20.3. The molecule has 5 heteroatoms. The van der Waals surface area contributed by atoms with Crippen LogP contribution in [0.2, 0.25) is 0 Å². The van der Waals surface area contributed by atoms with Gasteiger partial charge in [-0.2, -0.15) is 0 Å². The largest absolute Gasteiger partial charge is 0.493 e. The molecule has 1 aliphatic rings. The van der Waals surface area contributed by atoms with Crippen LogP contribution in [-0.4, -0.2) is 30.6 Å². The topological polar surface area (TPSA) is 41.6 Å². The summed E-state index contributed by atoms with van der Waals surface area (Å²) in [5.74, 6) is 0.823. The lowest BCUT2D eigenvalue weighted by molar-refractivity contribution is -0.119. The predicted molar refractivity (Wildman–Crippen MR) is 109 cm³/mol. The van der Waals surface area contributed by atoms with E-state index in [0.29, 0.717) is 13.0 Å². The van der Waals surface area contributed by atoms with Crippen molar-refractivity contribution in [2.45, 2.75) is 45.8 Å². The zero-order valence-corrected chi connectivity index (χ0v) is 16.7. The zero-order chi connectivity index (χ0) is 19.9. The first-order valence-electron chi connectivity index (χ1n) is 9.94. The molecular weight excluding hydrogens is 355 g/mol. The summed E-state index contributed by atoms with van der Waals surface area (Å²) in [6, 6.07) is 14.7. The number of fused-ring (bicyclic) bond motifs is 1. The van der Waals surface area contributed by atoms with Gasteiger partial charge in [-0.25, -0.2) is 0 Å². The summed E-state index contributed by atoms with van der Waals surface area (Å²) in [7, 11) is 0. The van der Waals surface area contributed by atoms with E-state index in [1.807, 2.05) is 13.0 Å². The van der Waals surface area contributed by atoms with Gasteiger partial charge in [-0.05, 0) is 47.7 Å². The first-order valence-corrected chi connectivity index (χ1v) is 9.94. The fourth-order valence-electron chi connectivity index (χ4n) is 3.62. The third-order valence-electron chi connectivity index (χ3n) is 5.12. The van der Waals surface area contributed by atoms with Gasteiger partial charge in [0.05, 0.1) is 19.3 Å². The number of ether oxygens (including phenoxy) is 1. The lowest BCUT2D eigenvalue weighted by atomic mass is 9.98. The average Bonchev–Trinajstić information content (AvgIpc) is 2.68. The number of halogens is 1. The molecule has 0 bridgehead atoms. The van der Waals surface area contributed by atoms with E-state index in [0.717, 1.165) is 37.4 Å². The number of carbonyl (C=O) groups is 1. The molecule has 1 heterocycles. The fraction of sp³-hybridized carbons (Fsp3) is 0.435. The van der Waals surface area contributed by atoms with E-state index in [1.54, 1.807) is 0 Å². The second-order valence-corrected chi connectivity index (χ2v) is 7.45. The molecule has 0 spiro atoms. The lowest BCUT2D eigenvalue weighted by Gasteiger charge is -2.29. The molecule has 0 aromatic heterocycles. The van der Waals surface area contributed by atoms with Crippen LogP contribution in [0, 0.1) is 0 Å². The summed E-state index contributed by atoms with van der Waals surface area (Å²) < 4.78 is 17.8. The molecule has 0 aliphatic carbocycles. The highest BCUT2D eigenvalue weighted by molar-refractivity contribution is 5.73. The van der Waals surface area contributed by atoms with E-state index in [1.165, 1.54) is 23.6 Å². The van der Waals surface area contributed by atoms with Crippen molar-refractivity contribution in [1.82, 2.24) is 10.2 Å². The van der Waals surface area contributed by atoms with Gasteiger partial charge in [0.1, 0.15) is 5.75 Å². The molecular formula is C23H29FN2O2. The van der Waals surface area contributed by atoms with Crippen LogP contribution >= 0.6 is 0 Å². The van der Waals surface area contributed by atoms with E-state index in [-0.39, 0.29) is 18.6 Å². The normalized spacial score (nSPS) is 15.0. The van der Waals surface area contributed by atoms with E-state index >= 15 is 0 Å². The minimum absolute atomic E-state index is 0.0143. The Kier molecular flexibility index (Phi) is 7.04. The second kappa shape index (κ2) is 9.69. The maximum Gasteiger partial charge on any atom is 0.217 e. The lowest BCUT2D eigenvalue weighted by Crippen LogP contribution is -2.30. The SMILES string of the molecule is CC(=O)NC(C)c1ccc(CN2CCc3cc(OCCCF)ccc3C2)cc1. The van der Waals surface area contributed by atoms with Crippen molar-refractivity contribution >= 4 is 5.91 Å². The quantitative estimate of drug-likeness (QED) is 0.694. The van der Waals surface area contributed by atoms with Gasteiger partial charge in [0, 0.05) is 33.0 Å². The minimum atomic E-state index is -0.340. The summed E-state index contributed by atoms with van der Waals surface area (Å²) in [6.45, 7) is 6.45. The fourth-order valence-corrected chi connectivity index (χ4v) is 3.62. The van der Waals surface area contributed by atoms with E-state index in [9.17, 15) is 9.18 Å². The molecule has 0 saturated carbocycles. The Morgan fingerprint density at radius 1 is 1.21 bits per heavy atom. The molecule has 1 N–H and O–H groups in total. The van der Waals surface area contributed by atoms with Gasteiger partial charge < -0.3 is 10.1 Å². The van der Waals surface area contributed by atoms with Gasteiger partial charge in [0.25, 0.3) is 0 Å². The number of hydrogen-bond acceptors (Lipinski definition) is 3. The first-order chi connectivity index (χ1) is 13.5. The van der Waals surface area contributed by atoms with Crippen molar-refractivity contribution in [3.05, 3.63) is 64.7 Å². The number of carbonyl (C=O) groups excluding carboxylic acids is 1. The van der Waals surface area contributed by atoms with Crippen LogP contribution in [0.15, 0.2) is 42.5 Å². The second-order valence-electron chi connectivity index (χ2n) is 7.45. The smallest absolute Gasteiger partial charge is 0.217 e. The summed E-state index contributed by atoms with van der Waals surface area (Å²) in [6.07, 6.45) is 1.43. The predicted octanol–water partition coefficient (Wildman–Crippen LogP) is 4.18. The minimum Gasteiger partial charge on any atom is -0.493 e. The molecule has 0 saturated heterocycles. The van der Waals surface area contributed by atoms with Crippen molar-refractivity contribution in [2.75, 3.05) is 19.8 Å². The standard InChI is InChI=1S/C23H29FN2O2/c1-17(25-18(2)27)20-6-4-19(5-7-20)15-26-12-10-21-14-23(28-13-3-11-24)9-8-22(21)16-26/h4-9,14,17H,3,10-13,15-16H2,1-2H3,(H,25,27). The highest BCUT2D eigenvalue weighted by Crippen LogP contribution is 2.25. The summed E-state index contributed by atoms with van der Waals surface area (Å²) in [4.78, 5) is 13.6. The van der Waals surface area contributed by atoms with Gasteiger partial charge in [-0.3, -0.25) is 14.1 Å². The Bertz CT molecular complexity index is 792. The Morgan fingerprint density at radius 2 is 2.00 bits per heavy atom. The Labute approximate surface area is 166 Å². The van der Waals surface area contributed by atoms with Crippen LogP contribution in [0.4, 0.5) is 4.39 Å². The Balaban J connectivity index is 1.56.